The molecule has 0 unspecified atom stereocenters. The van der Waals surface area contributed by atoms with E-state index in [0.29, 0.717) is 0 Å². The second kappa shape index (κ2) is 2.07. The van der Waals surface area contributed by atoms with Crippen molar-refractivity contribution in [1.82, 2.24) is 8.75 Å². The molecule has 3 nitrogen and oxygen atoms in total. The van der Waals surface area contributed by atoms with Gasteiger partial charge in [0, 0.05) is 0 Å². The first-order chi connectivity index (χ1) is 3.84. The van der Waals surface area contributed by atoms with Gasteiger partial charge >= 0.3 is 0 Å². The molecule has 1 aromatic heterocycles. The molecule has 0 fully saturated rings. The molecule has 0 saturated carbocycles. The summed E-state index contributed by atoms with van der Waals surface area (Å²) in [6, 6.07) is 1.78. The second-order valence-corrected chi connectivity index (χ2v) is 1.90. The smallest absolute Gasteiger partial charge is 0.191 e. The van der Waals surface area contributed by atoms with Gasteiger partial charge in [-0.15, -0.1) is 0 Å². The minimum atomic E-state index is 0.192. The molecule has 0 aliphatic carbocycles. The van der Waals surface area contributed by atoms with E-state index >= 15 is 0 Å². The highest BCUT2D eigenvalue weighted by atomic mass is 35.5. The lowest BCUT2D eigenvalue weighted by molar-refractivity contribution is 1.40. The summed E-state index contributed by atoms with van der Waals surface area (Å²) in [6.45, 7) is 0. The van der Waals surface area contributed by atoms with Crippen LogP contribution < -0.4 is 0 Å². The topological polar surface area (TPSA) is 49.6 Å². The predicted molar refractivity (Wildman–Crippen MR) is 29.6 cm³/mol. The Balaban J connectivity index is 3.15. The van der Waals surface area contributed by atoms with Crippen molar-refractivity contribution in [1.29, 1.82) is 5.26 Å². The number of aromatic nitrogens is 2. The largest absolute Gasteiger partial charge is 0.193 e. The highest BCUT2D eigenvalue weighted by Gasteiger charge is 2.00. The standard InChI is InChI=1S/C3ClN3S/c4-3-2(1-5)6-8-7-3. The first kappa shape index (κ1) is 5.48. The quantitative estimate of drug-likeness (QED) is 0.549. The van der Waals surface area contributed by atoms with Crippen LogP contribution in [0.4, 0.5) is 0 Å². The Morgan fingerprint density at radius 2 is 2.38 bits per heavy atom. The Labute approximate surface area is 54.9 Å². The summed E-state index contributed by atoms with van der Waals surface area (Å²) in [7, 11) is 0. The summed E-state index contributed by atoms with van der Waals surface area (Å²) >= 11 is 6.29. The van der Waals surface area contributed by atoms with Crippen molar-refractivity contribution in [2.24, 2.45) is 0 Å². The van der Waals surface area contributed by atoms with Crippen LogP contribution in [-0.4, -0.2) is 8.75 Å². The first-order valence-corrected chi connectivity index (χ1v) is 2.83. The number of hydrogen-bond acceptors (Lipinski definition) is 4. The van der Waals surface area contributed by atoms with Crippen LogP contribution in [0.2, 0.25) is 5.15 Å². The zero-order chi connectivity index (χ0) is 5.98. The molecule has 0 spiro atoms. The number of nitrogens with zero attached hydrogens (tertiary/aromatic N) is 3. The zero-order valence-corrected chi connectivity index (χ0v) is 5.20. The number of hydrogen-bond donors (Lipinski definition) is 0. The van der Waals surface area contributed by atoms with Crippen LogP contribution in [0.3, 0.4) is 0 Å². The number of halogens is 1. The average Bonchev–Trinajstić information content (AvgIpc) is 2.14. The maximum absolute atomic E-state index is 8.18. The van der Waals surface area contributed by atoms with Crippen molar-refractivity contribution in [2.75, 3.05) is 0 Å². The van der Waals surface area contributed by atoms with Gasteiger partial charge in [0.1, 0.15) is 6.07 Å². The van der Waals surface area contributed by atoms with Gasteiger partial charge in [0.05, 0.1) is 11.7 Å². The summed E-state index contributed by atoms with van der Waals surface area (Å²) in [4.78, 5) is 0. The van der Waals surface area contributed by atoms with E-state index in [0.717, 1.165) is 11.7 Å². The van der Waals surface area contributed by atoms with Crippen LogP contribution >= 0.6 is 23.3 Å². The lowest BCUT2D eigenvalue weighted by Crippen LogP contribution is -1.68. The van der Waals surface area contributed by atoms with Gasteiger partial charge in [-0.05, 0) is 0 Å². The third kappa shape index (κ3) is 0.782. The van der Waals surface area contributed by atoms with Gasteiger partial charge in [0.15, 0.2) is 10.8 Å². The number of nitriles is 1. The van der Waals surface area contributed by atoms with E-state index in [1.165, 1.54) is 0 Å². The lowest BCUT2D eigenvalue weighted by atomic mass is 10.5. The first-order valence-electron chi connectivity index (χ1n) is 1.72. The van der Waals surface area contributed by atoms with Crippen molar-refractivity contribution in [3.05, 3.63) is 10.8 Å². The molecule has 0 radical (unpaired) electrons. The molecule has 1 heterocycles. The molecule has 0 saturated heterocycles. The molecule has 0 amide bonds. The summed E-state index contributed by atoms with van der Waals surface area (Å²) < 4.78 is 7.13. The molecule has 8 heavy (non-hydrogen) atoms. The predicted octanol–water partition coefficient (Wildman–Crippen LogP) is 1.06. The summed E-state index contributed by atoms with van der Waals surface area (Å²) in [5.41, 5.74) is 0.205. The molecule has 0 aromatic carbocycles. The van der Waals surface area contributed by atoms with E-state index in [1.54, 1.807) is 6.07 Å². The van der Waals surface area contributed by atoms with E-state index in [4.69, 9.17) is 16.9 Å². The molecule has 0 N–H and O–H groups in total. The Bertz CT molecular complexity index is 225. The average molecular weight is 146 g/mol. The van der Waals surface area contributed by atoms with E-state index in [-0.39, 0.29) is 10.8 Å². The number of rotatable bonds is 0. The summed E-state index contributed by atoms with van der Waals surface area (Å²) in [5, 5.41) is 8.37. The third-order valence-corrected chi connectivity index (χ3v) is 1.45. The summed E-state index contributed by atoms with van der Waals surface area (Å²) in [5.74, 6) is 0. The fourth-order valence-electron chi connectivity index (χ4n) is 0.245. The van der Waals surface area contributed by atoms with Crippen molar-refractivity contribution in [2.45, 2.75) is 0 Å². The Kier molecular flexibility index (Phi) is 1.42. The van der Waals surface area contributed by atoms with E-state index < -0.39 is 0 Å². The van der Waals surface area contributed by atoms with Gasteiger partial charge in [-0.1, -0.05) is 11.6 Å². The molecule has 0 aliphatic rings. The van der Waals surface area contributed by atoms with Crippen molar-refractivity contribution >= 4 is 23.3 Å². The van der Waals surface area contributed by atoms with Crippen molar-refractivity contribution < 1.29 is 0 Å². The molecule has 1 rings (SSSR count). The van der Waals surface area contributed by atoms with E-state index in [2.05, 4.69) is 8.75 Å². The van der Waals surface area contributed by atoms with Gasteiger partial charge in [0.25, 0.3) is 0 Å². The molecule has 0 bridgehead atoms. The third-order valence-electron chi connectivity index (χ3n) is 0.554. The minimum Gasteiger partial charge on any atom is -0.191 e. The maximum Gasteiger partial charge on any atom is 0.193 e. The SMILES string of the molecule is N#Cc1nsnc1Cl. The maximum atomic E-state index is 8.18. The Hall–Kier alpha value is -0.660. The van der Waals surface area contributed by atoms with Gasteiger partial charge in [-0.2, -0.15) is 14.0 Å². The normalized spacial score (nSPS) is 8.50. The minimum absolute atomic E-state index is 0.192. The van der Waals surface area contributed by atoms with Crippen LogP contribution in [0.5, 0.6) is 0 Å². The fourth-order valence-corrected chi connectivity index (χ4v) is 0.880. The van der Waals surface area contributed by atoms with Crippen molar-refractivity contribution in [3.8, 4) is 6.07 Å². The van der Waals surface area contributed by atoms with Crippen LogP contribution in [-0.2, 0) is 0 Å². The second-order valence-electron chi connectivity index (χ2n) is 1.02. The van der Waals surface area contributed by atoms with Gasteiger partial charge < -0.3 is 0 Å². The highest BCUT2D eigenvalue weighted by Crippen LogP contribution is 2.09. The van der Waals surface area contributed by atoms with E-state index in [1.807, 2.05) is 0 Å². The van der Waals surface area contributed by atoms with Crippen LogP contribution in [0.25, 0.3) is 0 Å². The van der Waals surface area contributed by atoms with Crippen LogP contribution in [0.1, 0.15) is 5.69 Å². The molecule has 5 heteroatoms. The molecule has 1 aromatic rings. The van der Waals surface area contributed by atoms with Crippen LogP contribution in [0.15, 0.2) is 0 Å². The molecule has 0 aliphatic heterocycles. The Morgan fingerprint density at radius 1 is 1.62 bits per heavy atom. The van der Waals surface area contributed by atoms with Crippen LogP contribution in [0, 0.1) is 11.3 Å². The lowest BCUT2D eigenvalue weighted by Gasteiger charge is -1.69. The molecular weight excluding hydrogens is 146 g/mol. The van der Waals surface area contributed by atoms with Gasteiger partial charge in [-0.3, -0.25) is 0 Å². The van der Waals surface area contributed by atoms with Gasteiger partial charge in [0.2, 0.25) is 0 Å². The van der Waals surface area contributed by atoms with Crippen molar-refractivity contribution in [3.63, 3.8) is 0 Å². The fraction of sp³-hybridized carbons (Fsp3) is 0. The molecule has 40 valence electrons. The molecule has 0 atom stereocenters. The summed E-state index contributed by atoms with van der Waals surface area (Å²) in [6.07, 6.45) is 0. The Morgan fingerprint density at radius 3 is 2.62 bits per heavy atom. The molecular formula is C3ClN3S. The van der Waals surface area contributed by atoms with Gasteiger partial charge in [-0.25, -0.2) is 0 Å². The van der Waals surface area contributed by atoms with E-state index in [9.17, 15) is 0 Å². The highest BCUT2D eigenvalue weighted by molar-refractivity contribution is 6.99. The zero-order valence-electron chi connectivity index (χ0n) is 3.63. The monoisotopic (exact) mass is 145 g/mol.